The van der Waals surface area contributed by atoms with Crippen LogP contribution in [0.25, 0.3) is 22.3 Å². The lowest BCUT2D eigenvalue weighted by Crippen LogP contribution is -2.36. The van der Waals surface area contributed by atoms with Crippen molar-refractivity contribution in [3.05, 3.63) is 60.8 Å². The predicted octanol–water partition coefficient (Wildman–Crippen LogP) is 3.79. The number of nitrogen functional groups attached to an aromatic ring is 1. The monoisotopic (exact) mass is 386 g/mol. The van der Waals surface area contributed by atoms with Crippen molar-refractivity contribution in [1.29, 1.82) is 0 Å². The Balaban J connectivity index is 1.44. The Labute approximate surface area is 168 Å². The maximum atomic E-state index is 5.83. The summed E-state index contributed by atoms with van der Waals surface area (Å²) < 4.78 is 5.43. The molecule has 0 amide bonds. The van der Waals surface area contributed by atoms with E-state index in [9.17, 15) is 0 Å². The van der Waals surface area contributed by atoms with Gasteiger partial charge in [-0.25, -0.2) is 4.98 Å². The van der Waals surface area contributed by atoms with E-state index in [4.69, 9.17) is 15.5 Å². The lowest BCUT2D eigenvalue weighted by Gasteiger charge is -2.28. The maximum absolute atomic E-state index is 5.83. The first-order chi connectivity index (χ1) is 14.3. The molecule has 2 aromatic carbocycles. The first-order valence-corrected chi connectivity index (χ1v) is 9.67. The molecule has 146 valence electrons. The zero-order valence-electron chi connectivity index (χ0n) is 15.9. The largest absolute Gasteiger partial charge is 0.399 e. The Kier molecular flexibility index (Phi) is 4.50. The molecule has 4 aromatic rings. The first kappa shape index (κ1) is 17.5. The number of aromatic amines is 1. The fourth-order valence-corrected chi connectivity index (χ4v) is 3.56. The molecule has 29 heavy (non-hydrogen) atoms. The van der Waals surface area contributed by atoms with E-state index in [0.717, 1.165) is 60.0 Å². The van der Waals surface area contributed by atoms with E-state index < -0.39 is 0 Å². The van der Waals surface area contributed by atoms with E-state index in [0.29, 0.717) is 5.95 Å². The molecule has 4 N–H and O–H groups in total. The molecule has 0 saturated carbocycles. The van der Waals surface area contributed by atoms with Crippen LogP contribution >= 0.6 is 0 Å². The standard InChI is InChI=1S/C22H22N6O/c23-16-3-1-15(2-4-16)20-19-9-10-24-21(19)27-22(26-20)25-17-5-7-18(8-6-17)28-11-13-29-14-12-28/h1-10H,11-14,23H2,(H2,24,25,26,27). The van der Waals surface area contributed by atoms with Crippen molar-refractivity contribution < 1.29 is 4.74 Å². The third-order valence-corrected chi connectivity index (χ3v) is 5.10. The number of fused-ring (bicyclic) bond motifs is 1. The molecule has 7 heteroatoms. The van der Waals surface area contributed by atoms with Crippen LogP contribution in [0.1, 0.15) is 0 Å². The second-order valence-electron chi connectivity index (χ2n) is 7.03. The number of hydrogen-bond acceptors (Lipinski definition) is 6. The highest BCUT2D eigenvalue weighted by Crippen LogP contribution is 2.28. The number of rotatable bonds is 4. The van der Waals surface area contributed by atoms with Crippen molar-refractivity contribution >= 4 is 34.0 Å². The maximum Gasteiger partial charge on any atom is 0.229 e. The summed E-state index contributed by atoms with van der Waals surface area (Å²) in [6.07, 6.45) is 1.88. The van der Waals surface area contributed by atoms with Gasteiger partial charge in [0.2, 0.25) is 5.95 Å². The normalized spacial score (nSPS) is 14.3. The molecule has 7 nitrogen and oxygen atoms in total. The quantitative estimate of drug-likeness (QED) is 0.462. The van der Waals surface area contributed by atoms with Gasteiger partial charge in [-0.1, -0.05) is 12.1 Å². The van der Waals surface area contributed by atoms with Crippen LogP contribution in [-0.4, -0.2) is 41.3 Å². The highest BCUT2D eigenvalue weighted by molar-refractivity contribution is 5.92. The second-order valence-corrected chi connectivity index (χ2v) is 7.03. The number of nitrogens with zero attached hydrogens (tertiary/aromatic N) is 3. The number of morpholine rings is 1. The Morgan fingerprint density at radius 1 is 0.931 bits per heavy atom. The van der Waals surface area contributed by atoms with E-state index in [-0.39, 0.29) is 0 Å². The molecule has 0 aliphatic carbocycles. The zero-order chi connectivity index (χ0) is 19.6. The molecular formula is C22H22N6O. The highest BCUT2D eigenvalue weighted by Gasteiger charge is 2.13. The van der Waals surface area contributed by atoms with Crippen LogP contribution in [0, 0.1) is 0 Å². The Bertz CT molecular complexity index is 1110. The average molecular weight is 386 g/mol. The number of ether oxygens (including phenoxy) is 1. The van der Waals surface area contributed by atoms with Gasteiger partial charge in [0.1, 0.15) is 5.65 Å². The molecule has 0 unspecified atom stereocenters. The van der Waals surface area contributed by atoms with Gasteiger partial charge in [-0.15, -0.1) is 0 Å². The van der Waals surface area contributed by atoms with Gasteiger partial charge in [0.15, 0.2) is 0 Å². The van der Waals surface area contributed by atoms with Crippen molar-refractivity contribution in [2.45, 2.75) is 0 Å². The van der Waals surface area contributed by atoms with Crippen molar-refractivity contribution in [3.63, 3.8) is 0 Å². The third-order valence-electron chi connectivity index (χ3n) is 5.10. The minimum absolute atomic E-state index is 0.547. The van der Waals surface area contributed by atoms with Crippen LogP contribution in [0.2, 0.25) is 0 Å². The summed E-state index contributed by atoms with van der Waals surface area (Å²) in [6.45, 7) is 3.39. The summed E-state index contributed by atoms with van der Waals surface area (Å²) in [4.78, 5) is 14.9. The molecule has 3 heterocycles. The molecule has 2 aromatic heterocycles. The highest BCUT2D eigenvalue weighted by atomic mass is 16.5. The lowest BCUT2D eigenvalue weighted by molar-refractivity contribution is 0.122. The fraction of sp³-hybridized carbons (Fsp3) is 0.182. The van der Waals surface area contributed by atoms with Crippen molar-refractivity contribution in [3.8, 4) is 11.3 Å². The molecule has 5 rings (SSSR count). The summed E-state index contributed by atoms with van der Waals surface area (Å²) in [7, 11) is 0. The van der Waals surface area contributed by atoms with Crippen LogP contribution in [-0.2, 0) is 4.74 Å². The summed E-state index contributed by atoms with van der Waals surface area (Å²) in [6, 6.07) is 18.0. The van der Waals surface area contributed by atoms with Crippen molar-refractivity contribution in [1.82, 2.24) is 15.0 Å². The van der Waals surface area contributed by atoms with Gasteiger partial charge in [0.05, 0.1) is 18.9 Å². The van der Waals surface area contributed by atoms with Crippen molar-refractivity contribution in [2.24, 2.45) is 0 Å². The summed E-state index contributed by atoms with van der Waals surface area (Å²) in [5, 5.41) is 4.30. The number of H-pyrrole nitrogens is 1. The van der Waals surface area contributed by atoms with Gasteiger partial charge < -0.3 is 25.7 Å². The van der Waals surface area contributed by atoms with E-state index in [2.05, 4.69) is 44.5 Å². The topological polar surface area (TPSA) is 92.1 Å². The summed E-state index contributed by atoms with van der Waals surface area (Å²) in [5.74, 6) is 0.547. The number of benzene rings is 2. The molecule has 1 saturated heterocycles. The van der Waals surface area contributed by atoms with Gasteiger partial charge in [-0.05, 0) is 42.5 Å². The molecule has 0 radical (unpaired) electrons. The molecule has 0 bridgehead atoms. The number of aromatic nitrogens is 3. The Morgan fingerprint density at radius 2 is 1.69 bits per heavy atom. The fourth-order valence-electron chi connectivity index (χ4n) is 3.56. The Morgan fingerprint density at radius 3 is 2.45 bits per heavy atom. The third kappa shape index (κ3) is 3.60. The van der Waals surface area contributed by atoms with Crippen LogP contribution in [0.15, 0.2) is 60.8 Å². The summed E-state index contributed by atoms with van der Waals surface area (Å²) >= 11 is 0. The molecule has 1 fully saturated rings. The van der Waals surface area contributed by atoms with Gasteiger partial charge in [0, 0.05) is 47.3 Å². The Hall–Kier alpha value is -3.58. The number of nitrogens with two attached hydrogens (primary N) is 1. The van der Waals surface area contributed by atoms with Crippen LogP contribution in [0.5, 0.6) is 0 Å². The molecule has 0 atom stereocenters. The number of nitrogens with one attached hydrogen (secondary N) is 2. The lowest BCUT2D eigenvalue weighted by atomic mass is 10.1. The first-order valence-electron chi connectivity index (χ1n) is 9.67. The zero-order valence-corrected chi connectivity index (χ0v) is 15.9. The van der Waals surface area contributed by atoms with Crippen LogP contribution in [0.3, 0.4) is 0 Å². The van der Waals surface area contributed by atoms with Crippen molar-refractivity contribution in [2.75, 3.05) is 42.3 Å². The SMILES string of the molecule is Nc1ccc(-c2nc(Nc3ccc(N4CCOCC4)cc3)nc3[nH]ccc23)cc1. The van der Waals surface area contributed by atoms with Crippen LogP contribution in [0.4, 0.5) is 23.0 Å². The molecule has 1 aliphatic rings. The van der Waals surface area contributed by atoms with Gasteiger partial charge in [-0.2, -0.15) is 4.98 Å². The average Bonchev–Trinajstić information content (AvgIpc) is 3.24. The summed E-state index contributed by atoms with van der Waals surface area (Å²) in [5.41, 5.74) is 11.4. The number of hydrogen-bond donors (Lipinski definition) is 3. The van der Waals surface area contributed by atoms with Gasteiger partial charge in [0.25, 0.3) is 0 Å². The van der Waals surface area contributed by atoms with Crippen LogP contribution < -0.4 is 16.0 Å². The molecule has 1 aliphatic heterocycles. The smallest absolute Gasteiger partial charge is 0.229 e. The number of anilines is 4. The minimum Gasteiger partial charge on any atom is -0.399 e. The van der Waals surface area contributed by atoms with E-state index in [1.54, 1.807) is 0 Å². The van der Waals surface area contributed by atoms with Gasteiger partial charge in [-0.3, -0.25) is 0 Å². The van der Waals surface area contributed by atoms with E-state index >= 15 is 0 Å². The molecule has 0 spiro atoms. The predicted molar refractivity (Wildman–Crippen MR) is 116 cm³/mol. The minimum atomic E-state index is 0.547. The van der Waals surface area contributed by atoms with E-state index in [1.165, 1.54) is 5.69 Å². The molecular weight excluding hydrogens is 364 g/mol. The van der Waals surface area contributed by atoms with E-state index in [1.807, 2.05) is 36.5 Å². The second kappa shape index (κ2) is 7.44. The van der Waals surface area contributed by atoms with Gasteiger partial charge >= 0.3 is 0 Å².